The fourth-order valence-corrected chi connectivity index (χ4v) is 4.64. The van der Waals surface area contributed by atoms with Gasteiger partial charge in [0, 0.05) is 32.5 Å². The number of carboxylic acids is 2. The highest BCUT2D eigenvalue weighted by atomic mass is 16.5. The van der Waals surface area contributed by atoms with Gasteiger partial charge in [-0.1, -0.05) is 42.5 Å². The smallest absolute Gasteiger partial charge is 0.348 e. The average molecular weight is 647 g/mol. The van der Waals surface area contributed by atoms with Crippen molar-refractivity contribution in [3.8, 4) is 17.2 Å². The largest absolute Gasteiger partial charge is 0.490 e. The van der Waals surface area contributed by atoms with Crippen molar-refractivity contribution in [2.75, 3.05) is 20.7 Å². The molecule has 14 heteroatoms. The van der Waals surface area contributed by atoms with E-state index in [-0.39, 0.29) is 23.0 Å². The van der Waals surface area contributed by atoms with Crippen molar-refractivity contribution in [2.45, 2.75) is 39.2 Å². The van der Waals surface area contributed by atoms with Gasteiger partial charge in [0.25, 0.3) is 11.9 Å². The topological polar surface area (TPSA) is 214 Å². The molecule has 248 valence electrons. The van der Waals surface area contributed by atoms with E-state index < -0.39 is 29.7 Å². The number of nitrogens with one attached hydrogen (secondary N) is 2. The second-order valence-corrected chi connectivity index (χ2v) is 10.6. The van der Waals surface area contributed by atoms with E-state index in [0.717, 1.165) is 22.7 Å². The number of carbonyl (C=O) groups excluding carboxylic acids is 1. The van der Waals surface area contributed by atoms with E-state index in [1.165, 1.54) is 17.0 Å². The van der Waals surface area contributed by atoms with Crippen LogP contribution in [-0.2, 0) is 16.0 Å². The van der Waals surface area contributed by atoms with Gasteiger partial charge in [-0.3, -0.25) is 20.0 Å². The molecular formula is C33H38N6O8. The fraction of sp³-hybridized carbons (Fsp3) is 0.273. The predicted octanol–water partition coefficient (Wildman–Crippen LogP) is 3.26. The van der Waals surface area contributed by atoms with Gasteiger partial charge in [-0.25, -0.2) is 9.59 Å². The molecule has 0 radical (unpaired) electrons. The van der Waals surface area contributed by atoms with Crippen LogP contribution in [-0.4, -0.2) is 80.4 Å². The number of aromatic carboxylic acids is 1. The molecule has 0 fully saturated rings. The Morgan fingerprint density at radius 3 is 2.26 bits per heavy atom. The van der Waals surface area contributed by atoms with E-state index in [9.17, 15) is 19.5 Å². The molecule has 1 heterocycles. The Morgan fingerprint density at radius 1 is 1.04 bits per heavy atom. The number of benzene rings is 3. The first-order chi connectivity index (χ1) is 22.2. The third kappa shape index (κ3) is 9.29. The second-order valence-electron chi connectivity index (χ2n) is 10.6. The highest BCUT2D eigenvalue weighted by Crippen LogP contribution is 2.35. The summed E-state index contributed by atoms with van der Waals surface area (Å²) in [7, 11) is 3.30. The molecule has 0 aliphatic carbocycles. The molecule has 0 bridgehead atoms. The van der Waals surface area contributed by atoms with Gasteiger partial charge < -0.3 is 30.3 Å². The summed E-state index contributed by atoms with van der Waals surface area (Å²) >= 11 is 0. The van der Waals surface area contributed by atoms with Crippen molar-refractivity contribution in [3.63, 3.8) is 0 Å². The molecular weight excluding hydrogens is 608 g/mol. The monoisotopic (exact) mass is 646 g/mol. The number of aromatic amines is 1. The number of aliphatic carboxylic acids is 1. The number of hydrogen-bond donors (Lipinski definition) is 5. The number of amidine groups is 1. The van der Waals surface area contributed by atoms with Crippen LogP contribution in [0.1, 0.15) is 59.6 Å². The van der Waals surface area contributed by atoms with Crippen LogP contribution in [0.4, 0.5) is 0 Å². The molecule has 1 amide bonds. The number of H-pyrrole nitrogens is 1. The van der Waals surface area contributed by atoms with Crippen LogP contribution in [0, 0.1) is 5.41 Å². The highest BCUT2D eigenvalue weighted by molar-refractivity contribution is 5.95. The summed E-state index contributed by atoms with van der Waals surface area (Å²) in [6.07, 6.45) is -0.371. The number of carboxylic acid groups (broad SMARTS) is 2. The predicted molar refractivity (Wildman–Crippen MR) is 174 cm³/mol. The normalized spacial score (nSPS) is 11.8. The Kier molecular flexibility index (Phi) is 12.0. The number of rotatable bonds is 12. The maximum absolute atomic E-state index is 13.1. The van der Waals surface area contributed by atoms with Crippen molar-refractivity contribution in [1.82, 2.24) is 19.7 Å². The molecule has 0 saturated carbocycles. The molecule has 3 aromatic carbocycles. The lowest BCUT2D eigenvalue weighted by molar-refractivity contribution is -0.135. The minimum absolute atomic E-state index is 0.0535. The molecule has 0 saturated heterocycles. The Morgan fingerprint density at radius 2 is 1.68 bits per heavy atom. The zero-order valence-corrected chi connectivity index (χ0v) is 26.7. The summed E-state index contributed by atoms with van der Waals surface area (Å²) in [5.74, 6) is -1.70. The number of hydrogen-bond acceptors (Lipinski definition) is 8. The Bertz CT molecular complexity index is 1790. The van der Waals surface area contributed by atoms with Crippen LogP contribution in [0.3, 0.4) is 0 Å². The average Bonchev–Trinajstić information content (AvgIpc) is 3.41. The van der Waals surface area contributed by atoms with E-state index >= 15 is 0 Å². The van der Waals surface area contributed by atoms with E-state index in [1.54, 1.807) is 57.4 Å². The van der Waals surface area contributed by atoms with Gasteiger partial charge in [0.15, 0.2) is 17.6 Å². The number of likely N-dealkylation sites (N-methyl/N-ethyl adjacent to an activating group) is 1. The number of ether oxygens (including phenoxy) is 2. The van der Waals surface area contributed by atoms with Gasteiger partial charge in [0.05, 0.1) is 17.9 Å². The SMILES string of the molecule is CC(=O)O.CCOc1cc(C(Cc2ccc(C(=N)N)cc2)c2nn(-c3ccccc3C(=O)O)c(=O)[nH]2)ccc1OC(C)C(=O)N(C)C. The summed E-state index contributed by atoms with van der Waals surface area (Å²) in [5.41, 5.74) is 7.26. The van der Waals surface area contributed by atoms with Gasteiger partial charge in [-0.2, -0.15) is 4.68 Å². The third-order valence-corrected chi connectivity index (χ3v) is 6.79. The van der Waals surface area contributed by atoms with Crippen LogP contribution in [0.15, 0.2) is 71.5 Å². The molecule has 4 rings (SSSR count). The minimum Gasteiger partial charge on any atom is -0.490 e. The maximum Gasteiger partial charge on any atom is 0.348 e. The van der Waals surface area contributed by atoms with E-state index in [0.29, 0.717) is 35.9 Å². The molecule has 0 aliphatic heterocycles. The van der Waals surface area contributed by atoms with Crippen molar-refractivity contribution in [1.29, 1.82) is 5.41 Å². The number of nitrogens with two attached hydrogens (primary N) is 1. The number of para-hydroxylation sites is 1. The Hall–Kier alpha value is -5.92. The van der Waals surface area contributed by atoms with Crippen molar-refractivity contribution >= 4 is 23.7 Å². The molecule has 0 aliphatic rings. The highest BCUT2D eigenvalue weighted by Gasteiger charge is 2.25. The van der Waals surface area contributed by atoms with Gasteiger partial charge >= 0.3 is 11.7 Å². The van der Waals surface area contributed by atoms with Crippen LogP contribution in [0.25, 0.3) is 5.69 Å². The number of nitrogens with zero attached hydrogens (tertiary/aromatic N) is 3. The van der Waals surface area contributed by atoms with Crippen molar-refractivity contribution in [3.05, 3.63) is 105 Å². The van der Waals surface area contributed by atoms with Crippen molar-refractivity contribution < 1.29 is 34.1 Å². The molecule has 6 N–H and O–H groups in total. The third-order valence-electron chi connectivity index (χ3n) is 6.79. The molecule has 1 aromatic heterocycles. The minimum atomic E-state index is -1.19. The van der Waals surface area contributed by atoms with Crippen LogP contribution in [0.2, 0.25) is 0 Å². The molecule has 14 nitrogen and oxygen atoms in total. The number of amides is 1. The summed E-state index contributed by atoms with van der Waals surface area (Å²) in [6.45, 7) is 4.91. The maximum atomic E-state index is 13.1. The second kappa shape index (κ2) is 15.9. The molecule has 2 unspecified atom stereocenters. The first kappa shape index (κ1) is 35.6. The van der Waals surface area contributed by atoms with E-state index in [4.69, 9.17) is 30.5 Å². The number of aromatic nitrogens is 3. The Labute approximate surface area is 270 Å². The molecule has 4 aromatic rings. The number of nitrogen functional groups attached to an aromatic ring is 1. The standard InChI is InChI=1S/C31H34N6O6.C2H4O2/c1-5-42-26-17-21(14-15-25(26)43-18(2)29(38)36(3)4)23(16-19-10-12-20(13-11-19)27(32)33)28-34-31(41)37(35-28)24-9-7-6-8-22(24)30(39)40;1-2(3)4/h6-15,17-18,23H,5,16H2,1-4H3,(H3,32,33)(H,39,40)(H,34,35,41);1H3,(H,3,4). The van der Waals surface area contributed by atoms with Gasteiger partial charge in [0.2, 0.25) is 0 Å². The molecule has 2 atom stereocenters. The molecule has 0 spiro atoms. The first-order valence-electron chi connectivity index (χ1n) is 14.5. The summed E-state index contributed by atoms with van der Waals surface area (Å²) in [4.78, 5) is 50.6. The van der Waals surface area contributed by atoms with Crippen molar-refractivity contribution in [2.24, 2.45) is 5.73 Å². The Balaban J connectivity index is 0.00000142. The fourth-order valence-electron chi connectivity index (χ4n) is 4.64. The van der Waals surface area contributed by atoms with Crippen LogP contribution >= 0.6 is 0 Å². The van der Waals surface area contributed by atoms with E-state index in [1.807, 2.05) is 25.1 Å². The quantitative estimate of drug-likeness (QED) is 0.112. The zero-order valence-electron chi connectivity index (χ0n) is 26.7. The zero-order chi connectivity index (χ0) is 34.8. The number of carbonyl (C=O) groups is 3. The van der Waals surface area contributed by atoms with E-state index in [2.05, 4.69) is 10.1 Å². The van der Waals surface area contributed by atoms with Gasteiger partial charge in [0.1, 0.15) is 11.7 Å². The summed E-state index contributed by atoms with van der Waals surface area (Å²) in [5, 5.41) is 29.3. The van der Waals surface area contributed by atoms with Gasteiger partial charge in [-0.05, 0) is 55.7 Å². The lowest BCUT2D eigenvalue weighted by Gasteiger charge is -2.22. The van der Waals surface area contributed by atoms with Gasteiger partial charge in [-0.15, -0.1) is 5.10 Å². The lowest BCUT2D eigenvalue weighted by Crippen LogP contribution is -2.35. The van der Waals surface area contributed by atoms with Crippen LogP contribution < -0.4 is 20.9 Å². The molecule has 47 heavy (non-hydrogen) atoms. The van der Waals surface area contributed by atoms with Crippen LogP contribution in [0.5, 0.6) is 11.5 Å². The first-order valence-corrected chi connectivity index (χ1v) is 14.5. The lowest BCUT2D eigenvalue weighted by atomic mass is 9.90. The summed E-state index contributed by atoms with van der Waals surface area (Å²) < 4.78 is 12.9. The summed E-state index contributed by atoms with van der Waals surface area (Å²) in [6, 6.07) is 18.6.